The van der Waals surface area contributed by atoms with E-state index in [0.29, 0.717) is 5.01 Å². The molecule has 2 saturated heterocycles. The third-order valence-corrected chi connectivity index (χ3v) is 5.40. The lowest BCUT2D eigenvalue weighted by Gasteiger charge is -2.60. The lowest BCUT2D eigenvalue weighted by Crippen LogP contribution is -2.66. The van der Waals surface area contributed by atoms with Gasteiger partial charge >= 0.3 is 6.03 Å². The topological polar surface area (TPSA) is 178 Å². The van der Waals surface area contributed by atoms with Gasteiger partial charge in [0, 0.05) is 11.1 Å². The maximum absolute atomic E-state index is 12.6. The molecular weight excluding hydrogens is 376 g/mol. The fraction of sp³-hybridized carbons (Fsp3) is 0.938. The molecule has 12 nitrogen and oxygen atoms in total. The first kappa shape index (κ1) is 22.9. The van der Waals surface area contributed by atoms with Crippen molar-refractivity contribution >= 4 is 6.03 Å². The number of hydrogen-bond acceptors (Lipinski definition) is 10. The average Bonchev–Trinajstić information content (AvgIpc) is 2.59. The molecule has 0 aromatic rings. The number of nitrogens with one attached hydrogen (secondary N) is 1. The zero-order valence-corrected chi connectivity index (χ0v) is 16.3. The van der Waals surface area contributed by atoms with Gasteiger partial charge in [0.05, 0.1) is 17.9 Å². The van der Waals surface area contributed by atoms with E-state index in [1.54, 1.807) is 27.7 Å². The summed E-state index contributed by atoms with van der Waals surface area (Å²) in [7, 11) is 0. The molecule has 2 rings (SSSR count). The second kappa shape index (κ2) is 8.14. The van der Waals surface area contributed by atoms with Gasteiger partial charge in [-0.1, -0.05) is 0 Å². The van der Waals surface area contributed by atoms with Crippen LogP contribution in [0.2, 0.25) is 0 Å². The summed E-state index contributed by atoms with van der Waals surface area (Å²) in [4.78, 5) is 24.0. The van der Waals surface area contributed by atoms with Crippen LogP contribution in [0.3, 0.4) is 0 Å². The minimum atomic E-state index is -1.72. The van der Waals surface area contributed by atoms with Gasteiger partial charge in [0.1, 0.15) is 24.4 Å². The van der Waals surface area contributed by atoms with Crippen molar-refractivity contribution in [3.63, 3.8) is 0 Å². The van der Waals surface area contributed by atoms with E-state index in [2.05, 4.69) is 10.6 Å². The molecule has 0 aromatic heterocycles. The Morgan fingerprint density at radius 1 is 1.21 bits per heavy atom. The number of urea groups is 1. The first-order chi connectivity index (χ1) is 12.9. The molecule has 162 valence electrons. The minimum absolute atomic E-state index is 0.181. The van der Waals surface area contributed by atoms with E-state index in [-0.39, 0.29) is 12.8 Å². The maximum Gasteiger partial charge on any atom is 0.341 e. The number of hydrogen-bond donors (Lipinski definition) is 5. The molecule has 2 aliphatic rings. The molecule has 0 aliphatic carbocycles. The molecular formula is C16H29N4O8-. The largest absolute Gasteiger partial charge is 0.784 e. The molecule has 2 heterocycles. The first-order valence-electron chi connectivity index (χ1n) is 9.06. The van der Waals surface area contributed by atoms with Crippen LogP contribution in [0.25, 0.3) is 0 Å². The van der Waals surface area contributed by atoms with Gasteiger partial charge in [0.25, 0.3) is 0 Å². The van der Waals surface area contributed by atoms with E-state index < -0.39 is 60.4 Å². The molecule has 2 aliphatic heterocycles. The standard InChI is InChI=1S/C16H29N4O8/c1-15(2)5-8(6-16(3,4)20(15)27)19(18-26)14(25)17-10-12(23)11(22)9(7-21)28-13(10)24/h8-13,21-24H,5-7H2,1-4H3,(H,17,25)/q-1/t9-,10-,11-,12-,13?/m1/s1. The third kappa shape index (κ3) is 4.27. The van der Waals surface area contributed by atoms with Crippen molar-refractivity contribution in [2.24, 2.45) is 5.29 Å². The number of aliphatic hydroxyl groups is 4. The molecule has 2 fully saturated rings. The van der Waals surface area contributed by atoms with Crippen LogP contribution in [0.1, 0.15) is 40.5 Å². The van der Waals surface area contributed by atoms with Gasteiger partial charge in [-0.05, 0) is 40.5 Å². The number of rotatable bonds is 4. The van der Waals surface area contributed by atoms with Crippen molar-refractivity contribution in [1.29, 1.82) is 0 Å². The van der Waals surface area contributed by atoms with Crippen molar-refractivity contribution in [3.8, 4) is 0 Å². The number of piperidine rings is 1. The number of nitrogens with zero attached hydrogens (tertiary/aromatic N) is 3. The fourth-order valence-electron chi connectivity index (χ4n) is 4.11. The van der Waals surface area contributed by atoms with Crippen molar-refractivity contribution < 1.29 is 30.0 Å². The Kier molecular flexibility index (Phi) is 6.65. The zero-order valence-electron chi connectivity index (χ0n) is 16.3. The van der Waals surface area contributed by atoms with Crippen molar-refractivity contribution in [2.45, 2.75) is 88.3 Å². The highest BCUT2D eigenvalue weighted by Gasteiger charge is 2.47. The van der Waals surface area contributed by atoms with Gasteiger partial charge in [0.2, 0.25) is 0 Å². The highest BCUT2D eigenvalue weighted by molar-refractivity contribution is 5.74. The van der Waals surface area contributed by atoms with Crippen molar-refractivity contribution in [2.75, 3.05) is 6.61 Å². The highest BCUT2D eigenvalue weighted by atomic mass is 16.6. The Hall–Kier alpha value is -1.41. The molecule has 0 radical (unpaired) electrons. The Bertz CT molecular complexity index is 571. The number of nitroso groups, excluding NO2 is 1. The smallest absolute Gasteiger partial charge is 0.341 e. The molecule has 0 saturated carbocycles. The highest BCUT2D eigenvalue weighted by Crippen LogP contribution is 2.39. The van der Waals surface area contributed by atoms with Crippen LogP contribution >= 0.6 is 0 Å². The fourth-order valence-corrected chi connectivity index (χ4v) is 4.11. The molecule has 0 spiro atoms. The van der Waals surface area contributed by atoms with E-state index in [1.807, 2.05) is 0 Å². The molecule has 2 amide bonds. The summed E-state index contributed by atoms with van der Waals surface area (Å²) in [6, 6.07) is -3.15. The number of carbonyl (C=O) groups excluding carboxylic acids is 1. The lowest BCUT2D eigenvalue weighted by atomic mass is 9.79. The van der Waals surface area contributed by atoms with Gasteiger partial charge in [-0.15, -0.1) is 4.91 Å². The van der Waals surface area contributed by atoms with Crippen molar-refractivity contribution in [3.05, 3.63) is 10.1 Å². The zero-order chi connectivity index (χ0) is 21.4. The number of carbonyl (C=O) groups is 1. The molecule has 28 heavy (non-hydrogen) atoms. The van der Waals surface area contributed by atoms with Crippen LogP contribution in [-0.4, -0.2) is 90.9 Å². The van der Waals surface area contributed by atoms with Gasteiger partial charge in [0.15, 0.2) is 6.29 Å². The quantitative estimate of drug-likeness (QED) is 0.290. The van der Waals surface area contributed by atoms with Crippen LogP contribution in [0, 0.1) is 10.1 Å². The van der Waals surface area contributed by atoms with Crippen LogP contribution in [0.15, 0.2) is 5.29 Å². The Labute approximate surface area is 162 Å². The minimum Gasteiger partial charge on any atom is -0.784 e. The third-order valence-electron chi connectivity index (χ3n) is 5.40. The summed E-state index contributed by atoms with van der Waals surface area (Å²) >= 11 is 0. The average molecular weight is 405 g/mol. The van der Waals surface area contributed by atoms with Crippen LogP contribution in [-0.2, 0) is 4.74 Å². The van der Waals surface area contributed by atoms with Crippen LogP contribution in [0.4, 0.5) is 4.79 Å². The summed E-state index contributed by atoms with van der Waals surface area (Å²) in [5.74, 6) is 0. The molecule has 0 bridgehead atoms. The summed E-state index contributed by atoms with van der Waals surface area (Å²) in [6.07, 6.45) is -5.78. The Morgan fingerprint density at radius 2 is 1.75 bits per heavy atom. The van der Waals surface area contributed by atoms with E-state index in [4.69, 9.17) is 9.84 Å². The normalized spacial score (nSPS) is 36.0. The number of hydroxylamine groups is 2. The SMILES string of the molecule is CC1(C)CC(N(N=O)C(=O)N[C@H]2C(O)O[C@H](CO)[C@@H](O)[C@@H]2O)CC(C)(C)N1[O-]. The van der Waals surface area contributed by atoms with Crippen molar-refractivity contribution in [1.82, 2.24) is 15.4 Å². The number of amides is 2. The van der Waals surface area contributed by atoms with E-state index in [0.717, 1.165) is 5.06 Å². The van der Waals surface area contributed by atoms with Crippen LogP contribution < -0.4 is 5.32 Å². The molecule has 5 N–H and O–H groups in total. The second-order valence-corrected chi connectivity index (χ2v) is 8.61. The second-order valence-electron chi connectivity index (χ2n) is 8.61. The predicted molar refractivity (Wildman–Crippen MR) is 96.3 cm³/mol. The summed E-state index contributed by atoms with van der Waals surface area (Å²) in [6.45, 7) is 6.15. The maximum atomic E-state index is 12.6. The summed E-state index contributed by atoms with van der Waals surface area (Å²) in [5.41, 5.74) is -1.71. The van der Waals surface area contributed by atoms with E-state index in [9.17, 15) is 30.2 Å². The Balaban J connectivity index is 2.14. The number of ether oxygens (including phenoxy) is 1. The predicted octanol–water partition coefficient (Wildman–Crippen LogP) is -1.00. The van der Waals surface area contributed by atoms with Gasteiger partial charge < -0.3 is 40.8 Å². The molecule has 12 heteroatoms. The van der Waals surface area contributed by atoms with Crippen LogP contribution in [0.5, 0.6) is 0 Å². The molecule has 5 atom stereocenters. The van der Waals surface area contributed by atoms with E-state index >= 15 is 0 Å². The van der Waals surface area contributed by atoms with E-state index in [1.165, 1.54) is 0 Å². The Morgan fingerprint density at radius 3 is 2.21 bits per heavy atom. The summed E-state index contributed by atoms with van der Waals surface area (Å²) < 4.78 is 4.98. The first-order valence-corrected chi connectivity index (χ1v) is 9.06. The van der Waals surface area contributed by atoms with Gasteiger partial charge in [-0.2, -0.15) is 5.01 Å². The summed E-state index contributed by atoms with van der Waals surface area (Å²) in [5, 5.41) is 58.2. The monoisotopic (exact) mass is 405 g/mol. The van der Waals surface area contributed by atoms with Gasteiger partial charge in [-0.3, -0.25) is 0 Å². The lowest BCUT2D eigenvalue weighted by molar-refractivity contribution is -0.252. The van der Waals surface area contributed by atoms with Gasteiger partial charge in [-0.25, -0.2) is 4.79 Å². The molecule has 1 unspecified atom stereocenters. The number of aliphatic hydroxyl groups excluding tert-OH is 4. The molecule has 0 aromatic carbocycles.